The van der Waals surface area contributed by atoms with E-state index in [0.29, 0.717) is 16.5 Å². The summed E-state index contributed by atoms with van der Waals surface area (Å²) in [5, 5.41) is 8.11. The highest BCUT2D eigenvalue weighted by Crippen LogP contribution is 2.22. The van der Waals surface area contributed by atoms with E-state index in [1.54, 1.807) is 12.3 Å². The summed E-state index contributed by atoms with van der Waals surface area (Å²) < 4.78 is 13.1. The Labute approximate surface area is 114 Å². The summed E-state index contributed by atoms with van der Waals surface area (Å²) in [5.74, 6) is 0.00423. The van der Waals surface area contributed by atoms with Gasteiger partial charge < -0.3 is 5.73 Å². The fourth-order valence-electron chi connectivity index (χ4n) is 1.56. The van der Waals surface area contributed by atoms with Gasteiger partial charge in [0.25, 0.3) is 0 Å². The third-order valence-corrected chi connectivity index (χ3v) is 3.40. The van der Waals surface area contributed by atoms with Gasteiger partial charge in [0.05, 0.1) is 0 Å². The van der Waals surface area contributed by atoms with Gasteiger partial charge in [-0.2, -0.15) is 0 Å². The Bertz CT molecular complexity index is 615. The average Bonchev–Trinajstić information content (AvgIpc) is 2.37. The van der Waals surface area contributed by atoms with Crippen LogP contribution in [-0.2, 0) is 5.75 Å². The molecule has 3 N–H and O–H groups in total. The van der Waals surface area contributed by atoms with Gasteiger partial charge in [0, 0.05) is 23.2 Å². The third kappa shape index (κ3) is 3.51. The van der Waals surface area contributed by atoms with Gasteiger partial charge in [0.15, 0.2) is 5.16 Å². The highest BCUT2D eigenvalue weighted by atomic mass is 32.2. The van der Waals surface area contributed by atoms with Crippen LogP contribution >= 0.6 is 11.8 Å². The molecule has 1 aromatic heterocycles. The van der Waals surface area contributed by atoms with Crippen molar-refractivity contribution in [2.45, 2.75) is 17.8 Å². The van der Waals surface area contributed by atoms with Crippen molar-refractivity contribution in [1.29, 1.82) is 5.41 Å². The normalized spacial score (nSPS) is 10.4. The Hall–Kier alpha value is -1.95. The minimum absolute atomic E-state index is 0.139. The molecule has 0 atom stereocenters. The first-order valence-corrected chi connectivity index (χ1v) is 6.60. The van der Waals surface area contributed by atoms with Crippen LogP contribution in [0.1, 0.15) is 16.8 Å². The Morgan fingerprint density at radius 2 is 2.21 bits per heavy atom. The molecule has 2 aromatic rings. The van der Waals surface area contributed by atoms with Crippen molar-refractivity contribution in [1.82, 2.24) is 9.97 Å². The molecule has 98 valence electrons. The number of thioether (sulfide) groups is 1. The predicted molar refractivity (Wildman–Crippen MR) is 73.7 cm³/mol. The first-order chi connectivity index (χ1) is 9.06. The topological polar surface area (TPSA) is 75.7 Å². The van der Waals surface area contributed by atoms with Gasteiger partial charge in [-0.3, -0.25) is 5.41 Å². The lowest BCUT2D eigenvalue weighted by atomic mass is 10.1. The number of amidine groups is 1. The molecule has 0 spiro atoms. The molecule has 0 bridgehead atoms. The number of halogens is 1. The fraction of sp³-hybridized carbons (Fsp3) is 0.154. The van der Waals surface area contributed by atoms with Gasteiger partial charge in [-0.05, 0) is 30.7 Å². The third-order valence-electron chi connectivity index (χ3n) is 2.49. The zero-order valence-electron chi connectivity index (χ0n) is 10.4. The lowest BCUT2D eigenvalue weighted by molar-refractivity contribution is 0.627. The van der Waals surface area contributed by atoms with Crippen molar-refractivity contribution in [3.8, 4) is 0 Å². The zero-order valence-corrected chi connectivity index (χ0v) is 11.2. The second-order valence-electron chi connectivity index (χ2n) is 3.98. The molecule has 0 fully saturated rings. The van der Waals surface area contributed by atoms with E-state index in [-0.39, 0.29) is 5.84 Å². The highest BCUT2D eigenvalue weighted by molar-refractivity contribution is 7.98. The Kier molecular flexibility index (Phi) is 4.11. The second-order valence-corrected chi connectivity index (χ2v) is 4.93. The van der Waals surface area contributed by atoms with Crippen LogP contribution in [-0.4, -0.2) is 15.8 Å². The number of hydrogen-bond acceptors (Lipinski definition) is 4. The number of nitrogen functional groups attached to an aromatic ring is 1. The van der Waals surface area contributed by atoms with Crippen molar-refractivity contribution in [3.63, 3.8) is 0 Å². The Morgan fingerprint density at radius 3 is 2.89 bits per heavy atom. The molecule has 0 amide bonds. The largest absolute Gasteiger partial charge is 0.384 e. The number of rotatable bonds is 4. The van der Waals surface area contributed by atoms with E-state index in [0.717, 1.165) is 11.3 Å². The molecule has 0 radical (unpaired) electrons. The summed E-state index contributed by atoms with van der Waals surface area (Å²) in [5.41, 5.74) is 7.56. The van der Waals surface area contributed by atoms with Gasteiger partial charge >= 0.3 is 0 Å². The first kappa shape index (κ1) is 13.5. The summed E-state index contributed by atoms with van der Waals surface area (Å²) in [6, 6.07) is 6.09. The van der Waals surface area contributed by atoms with Crippen LogP contribution in [0.5, 0.6) is 0 Å². The summed E-state index contributed by atoms with van der Waals surface area (Å²) >= 11 is 1.43. The van der Waals surface area contributed by atoms with Crippen LogP contribution in [0.2, 0.25) is 0 Å². The number of aromatic nitrogens is 2. The molecular weight excluding hydrogens is 263 g/mol. The van der Waals surface area contributed by atoms with Crippen LogP contribution in [0.25, 0.3) is 0 Å². The van der Waals surface area contributed by atoms with Gasteiger partial charge in [0.2, 0.25) is 0 Å². The van der Waals surface area contributed by atoms with E-state index >= 15 is 0 Å². The number of nitrogens with one attached hydrogen (secondary N) is 1. The average molecular weight is 276 g/mol. The van der Waals surface area contributed by atoms with Gasteiger partial charge in [-0.1, -0.05) is 17.8 Å². The lowest BCUT2D eigenvalue weighted by Gasteiger charge is -2.07. The minimum Gasteiger partial charge on any atom is -0.384 e. The fourth-order valence-corrected chi connectivity index (χ4v) is 2.44. The van der Waals surface area contributed by atoms with Crippen molar-refractivity contribution < 1.29 is 4.39 Å². The maximum atomic E-state index is 13.1. The molecule has 2 rings (SSSR count). The van der Waals surface area contributed by atoms with Crippen molar-refractivity contribution >= 4 is 17.6 Å². The van der Waals surface area contributed by atoms with Crippen LogP contribution in [0.4, 0.5) is 4.39 Å². The van der Waals surface area contributed by atoms with Gasteiger partial charge in [-0.25, -0.2) is 14.4 Å². The van der Waals surface area contributed by atoms with E-state index in [4.69, 9.17) is 11.1 Å². The molecule has 19 heavy (non-hydrogen) atoms. The molecule has 1 aromatic carbocycles. The van der Waals surface area contributed by atoms with Crippen molar-refractivity contribution in [2.75, 3.05) is 0 Å². The monoisotopic (exact) mass is 276 g/mol. The van der Waals surface area contributed by atoms with Crippen molar-refractivity contribution in [3.05, 3.63) is 53.1 Å². The summed E-state index contributed by atoms with van der Waals surface area (Å²) in [6.45, 7) is 1.89. The van der Waals surface area contributed by atoms with E-state index in [1.807, 2.05) is 13.0 Å². The SMILES string of the molecule is Cc1ccnc(SCc2ccc(F)cc2C(=N)N)n1. The molecule has 0 aliphatic carbocycles. The molecule has 0 aliphatic heterocycles. The Balaban J connectivity index is 2.17. The van der Waals surface area contributed by atoms with Crippen LogP contribution in [0.15, 0.2) is 35.6 Å². The summed E-state index contributed by atoms with van der Waals surface area (Å²) in [6.07, 6.45) is 1.70. The Morgan fingerprint density at radius 1 is 1.42 bits per heavy atom. The molecular formula is C13H13FN4S. The number of benzene rings is 1. The number of aryl methyl sites for hydroxylation is 1. The smallest absolute Gasteiger partial charge is 0.188 e. The number of nitrogens with zero attached hydrogens (tertiary/aromatic N) is 2. The predicted octanol–water partition coefficient (Wildman–Crippen LogP) is 2.50. The molecule has 1 heterocycles. The lowest BCUT2D eigenvalue weighted by Crippen LogP contribution is -2.14. The van der Waals surface area contributed by atoms with Crippen LogP contribution < -0.4 is 5.73 Å². The molecule has 6 heteroatoms. The zero-order chi connectivity index (χ0) is 13.8. The van der Waals surface area contributed by atoms with Crippen molar-refractivity contribution in [2.24, 2.45) is 5.73 Å². The van der Waals surface area contributed by atoms with Crippen LogP contribution in [0.3, 0.4) is 0 Å². The quantitative estimate of drug-likeness (QED) is 0.389. The van der Waals surface area contributed by atoms with Crippen LogP contribution in [0, 0.1) is 18.2 Å². The summed E-state index contributed by atoms with van der Waals surface area (Å²) in [4.78, 5) is 8.41. The van der Waals surface area contributed by atoms with E-state index in [9.17, 15) is 4.39 Å². The van der Waals surface area contributed by atoms with E-state index in [2.05, 4.69) is 9.97 Å². The number of hydrogen-bond donors (Lipinski definition) is 2. The maximum absolute atomic E-state index is 13.1. The summed E-state index contributed by atoms with van der Waals surface area (Å²) in [7, 11) is 0. The highest BCUT2D eigenvalue weighted by Gasteiger charge is 2.08. The molecule has 0 saturated carbocycles. The molecule has 0 aliphatic rings. The second kappa shape index (κ2) is 5.79. The minimum atomic E-state index is -0.397. The number of nitrogens with two attached hydrogens (primary N) is 1. The van der Waals surface area contributed by atoms with Gasteiger partial charge in [0.1, 0.15) is 11.7 Å². The molecule has 0 unspecified atom stereocenters. The van der Waals surface area contributed by atoms with Gasteiger partial charge in [-0.15, -0.1) is 0 Å². The molecule has 0 saturated heterocycles. The molecule has 4 nitrogen and oxygen atoms in total. The standard InChI is InChI=1S/C13H13FN4S/c1-8-4-5-17-13(18-8)19-7-9-2-3-10(14)6-11(9)12(15)16/h2-6H,7H2,1H3,(H3,15,16). The maximum Gasteiger partial charge on any atom is 0.188 e. The first-order valence-electron chi connectivity index (χ1n) is 5.61. The van der Waals surface area contributed by atoms with E-state index in [1.165, 1.54) is 23.9 Å². The van der Waals surface area contributed by atoms with E-state index < -0.39 is 5.82 Å².